The summed E-state index contributed by atoms with van der Waals surface area (Å²) in [4.78, 5) is 12.3. The third-order valence-corrected chi connectivity index (χ3v) is 5.04. The van der Waals surface area contributed by atoms with E-state index in [0.717, 1.165) is 43.0 Å². The van der Waals surface area contributed by atoms with Gasteiger partial charge in [0.2, 0.25) is 0 Å². The van der Waals surface area contributed by atoms with Crippen molar-refractivity contribution in [2.24, 2.45) is 5.41 Å². The van der Waals surface area contributed by atoms with E-state index in [1.807, 2.05) is 6.92 Å². The molecule has 19 heavy (non-hydrogen) atoms. The van der Waals surface area contributed by atoms with E-state index in [0.29, 0.717) is 19.8 Å². The van der Waals surface area contributed by atoms with Gasteiger partial charge in [0.25, 0.3) is 0 Å². The number of halogens is 1. The Morgan fingerprint density at radius 3 is 2.37 bits per heavy atom. The molecule has 0 bridgehead atoms. The number of esters is 1. The lowest BCUT2D eigenvalue weighted by Gasteiger charge is -2.42. The minimum atomic E-state index is -0.402. The number of hydrogen-bond acceptors (Lipinski definition) is 4. The number of rotatable bonds is 5. The molecule has 0 aromatic carbocycles. The van der Waals surface area contributed by atoms with Crippen molar-refractivity contribution >= 4 is 28.6 Å². The van der Waals surface area contributed by atoms with E-state index in [9.17, 15) is 4.79 Å². The van der Waals surface area contributed by atoms with Gasteiger partial charge in [-0.3, -0.25) is 4.79 Å². The third-order valence-electron chi connectivity index (χ3n) is 4.28. The van der Waals surface area contributed by atoms with E-state index in [-0.39, 0.29) is 11.4 Å². The molecule has 0 unspecified atom stereocenters. The molecule has 2 fully saturated rings. The fourth-order valence-corrected chi connectivity index (χ4v) is 3.52. The first-order valence-electron chi connectivity index (χ1n) is 7.17. The zero-order valence-electron chi connectivity index (χ0n) is 11.6. The minimum Gasteiger partial charge on any atom is -0.466 e. The van der Waals surface area contributed by atoms with Crippen LogP contribution >= 0.6 is 22.6 Å². The highest BCUT2D eigenvalue weighted by atomic mass is 127. The van der Waals surface area contributed by atoms with Crippen LogP contribution in [-0.2, 0) is 19.0 Å². The Morgan fingerprint density at radius 1 is 1.21 bits per heavy atom. The molecule has 1 saturated heterocycles. The van der Waals surface area contributed by atoms with Crippen molar-refractivity contribution in [3.8, 4) is 0 Å². The van der Waals surface area contributed by atoms with Crippen LogP contribution in [0.15, 0.2) is 0 Å². The molecule has 2 rings (SSSR count). The van der Waals surface area contributed by atoms with E-state index in [1.54, 1.807) is 0 Å². The number of carbonyl (C=O) groups is 1. The Hall–Kier alpha value is 0.120. The van der Waals surface area contributed by atoms with Crippen molar-refractivity contribution in [3.05, 3.63) is 0 Å². The monoisotopic (exact) mass is 382 g/mol. The van der Waals surface area contributed by atoms with E-state index < -0.39 is 5.79 Å². The van der Waals surface area contributed by atoms with Crippen LogP contribution < -0.4 is 0 Å². The molecule has 5 heteroatoms. The van der Waals surface area contributed by atoms with Crippen LogP contribution in [0, 0.1) is 5.41 Å². The van der Waals surface area contributed by atoms with Crippen LogP contribution in [-0.4, -0.2) is 36.0 Å². The summed E-state index contributed by atoms with van der Waals surface area (Å²) >= 11 is 2.37. The number of carbonyl (C=O) groups excluding carboxylic acids is 1. The number of hydrogen-bond donors (Lipinski definition) is 0. The Bertz CT molecular complexity index is 303. The maximum Gasteiger partial charge on any atom is 0.312 e. The molecule has 0 atom stereocenters. The lowest BCUT2D eigenvalue weighted by Crippen LogP contribution is -2.44. The molecule has 1 spiro atoms. The van der Waals surface area contributed by atoms with Gasteiger partial charge in [-0.25, -0.2) is 0 Å². The average Bonchev–Trinajstić information content (AvgIpc) is 2.88. The molecule has 110 valence electrons. The molecule has 0 aromatic heterocycles. The smallest absolute Gasteiger partial charge is 0.312 e. The first kappa shape index (κ1) is 15.5. The molecule has 1 heterocycles. The quantitative estimate of drug-likeness (QED) is 0.417. The Morgan fingerprint density at radius 2 is 1.84 bits per heavy atom. The van der Waals surface area contributed by atoms with Gasteiger partial charge in [-0.2, -0.15) is 0 Å². The summed E-state index contributed by atoms with van der Waals surface area (Å²) in [6, 6.07) is 0. The van der Waals surface area contributed by atoms with Gasteiger partial charge in [-0.15, -0.1) is 0 Å². The summed E-state index contributed by atoms with van der Waals surface area (Å²) < 4.78 is 17.9. The van der Waals surface area contributed by atoms with Crippen LogP contribution in [0.2, 0.25) is 0 Å². The summed E-state index contributed by atoms with van der Waals surface area (Å²) in [7, 11) is 0. The molecular formula is C14H23IO4. The second kappa shape index (κ2) is 6.72. The highest BCUT2D eigenvalue weighted by molar-refractivity contribution is 14.1. The molecule has 0 radical (unpaired) electrons. The minimum absolute atomic E-state index is 0.0207. The van der Waals surface area contributed by atoms with Crippen LogP contribution in [0.4, 0.5) is 0 Å². The van der Waals surface area contributed by atoms with E-state index in [2.05, 4.69) is 22.6 Å². The molecule has 1 saturated carbocycles. The zero-order chi connectivity index (χ0) is 13.8. The highest BCUT2D eigenvalue weighted by Crippen LogP contribution is 2.47. The van der Waals surface area contributed by atoms with Crippen molar-refractivity contribution in [1.29, 1.82) is 0 Å². The lowest BCUT2D eigenvalue weighted by molar-refractivity contribution is -0.200. The fraction of sp³-hybridized carbons (Fsp3) is 0.929. The predicted molar refractivity (Wildman–Crippen MR) is 80.3 cm³/mol. The van der Waals surface area contributed by atoms with Gasteiger partial charge in [0, 0.05) is 12.8 Å². The predicted octanol–water partition coefficient (Wildman–Crippen LogP) is 3.07. The first-order valence-corrected chi connectivity index (χ1v) is 8.70. The third kappa shape index (κ3) is 3.42. The van der Waals surface area contributed by atoms with Crippen molar-refractivity contribution in [2.45, 2.75) is 51.2 Å². The van der Waals surface area contributed by atoms with E-state index >= 15 is 0 Å². The average molecular weight is 382 g/mol. The van der Waals surface area contributed by atoms with Crippen molar-refractivity contribution in [1.82, 2.24) is 0 Å². The number of ether oxygens (including phenoxy) is 3. The van der Waals surface area contributed by atoms with Gasteiger partial charge in [0.1, 0.15) is 0 Å². The van der Waals surface area contributed by atoms with E-state index in [1.165, 1.54) is 0 Å². The molecule has 0 aromatic rings. The van der Waals surface area contributed by atoms with Gasteiger partial charge in [-0.05, 0) is 37.0 Å². The summed E-state index contributed by atoms with van der Waals surface area (Å²) in [5, 5.41) is 0. The SMILES string of the molecule is CCOC(=O)C1(CCCI)CCC2(CC1)OCCO2. The van der Waals surface area contributed by atoms with Crippen LogP contribution in [0.5, 0.6) is 0 Å². The standard InChI is InChI=1S/C14H23IO4/c1-2-17-12(16)13(4-3-9-15)5-7-14(8-6-13)18-10-11-19-14/h2-11H2,1H3. The molecule has 0 N–H and O–H groups in total. The highest BCUT2D eigenvalue weighted by Gasteiger charge is 2.50. The summed E-state index contributed by atoms with van der Waals surface area (Å²) in [6.07, 6.45) is 5.25. The topological polar surface area (TPSA) is 44.8 Å². The Kier molecular flexibility index (Phi) is 5.48. The van der Waals surface area contributed by atoms with Gasteiger partial charge in [0.05, 0.1) is 25.2 Å². The maximum absolute atomic E-state index is 12.3. The lowest BCUT2D eigenvalue weighted by atomic mass is 9.69. The summed E-state index contributed by atoms with van der Waals surface area (Å²) in [5.41, 5.74) is -0.304. The fourth-order valence-electron chi connectivity index (χ4n) is 3.14. The van der Waals surface area contributed by atoms with Crippen LogP contribution in [0.3, 0.4) is 0 Å². The van der Waals surface area contributed by atoms with Crippen LogP contribution in [0.25, 0.3) is 0 Å². The second-order valence-corrected chi connectivity index (χ2v) is 6.48. The zero-order valence-corrected chi connectivity index (χ0v) is 13.7. The summed E-state index contributed by atoms with van der Waals surface area (Å²) in [5.74, 6) is -0.423. The molecule has 1 aliphatic heterocycles. The van der Waals surface area contributed by atoms with Gasteiger partial charge < -0.3 is 14.2 Å². The molecule has 4 nitrogen and oxygen atoms in total. The van der Waals surface area contributed by atoms with Gasteiger partial charge in [-0.1, -0.05) is 22.6 Å². The normalized spacial score (nSPS) is 24.5. The summed E-state index contributed by atoms with van der Waals surface area (Å²) in [6.45, 7) is 3.70. The molecular weight excluding hydrogens is 359 g/mol. The molecule has 1 aliphatic carbocycles. The van der Waals surface area contributed by atoms with Crippen LogP contribution in [0.1, 0.15) is 45.4 Å². The van der Waals surface area contributed by atoms with E-state index in [4.69, 9.17) is 14.2 Å². The van der Waals surface area contributed by atoms with Gasteiger partial charge >= 0.3 is 5.97 Å². The Balaban J connectivity index is 2.02. The maximum atomic E-state index is 12.3. The molecule has 2 aliphatic rings. The second-order valence-electron chi connectivity index (χ2n) is 5.40. The number of alkyl halides is 1. The van der Waals surface area contributed by atoms with Crippen molar-refractivity contribution in [3.63, 3.8) is 0 Å². The Labute approximate surface area is 128 Å². The van der Waals surface area contributed by atoms with Crippen molar-refractivity contribution < 1.29 is 19.0 Å². The first-order chi connectivity index (χ1) is 9.16. The largest absolute Gasteiger partial charge is 0.466 e. The van der Waals surface area contributed by atoms with Gasteiger partial charge in [0.15, 0.2) is 5.79 Å². The van der Waals surface area contributed by atoms with Crippen molar-refractivity contribution in [2.75, 3.05) is 24.2 Å². The molecule has 0 amide bonds.